The highest BCUT2D eigenvalue weighted by Crippen LogP contribution is 2.22. The van der Waals surface area contributed by atoms with Gasteiger partial charge in [0.05, 0.1) is 11.6 Å². The minimum Gasteiger partial charge on any atom is -0.478 e. The number of hydrogen-bond donors (Lipinski definition) is 3. The van der Waals surface area contributed by atoms with Crippen molar-refractivity contribution in [2.24, 2.45) is 0 Å². The van der Waals surface area contributed by atoms with Crippen molar-refractivity contribution in [1.82, 2.24) is 4.98 Å². The van der Waals surface area contributed by atoms with Gasteiger partial charge < -0.3 is 15.5 Å². The SMILES string of the molecule is CC(O)C(C)(C)Nc1nc(Cl)ccc1C(=O)O. The highest BCUT2D eigenvalue weighted by atomic mass is 35.5. The zero-order valence-corrected chi connectivity index (χ0v) is 10.6. The van der Waals surface area contributed by atoms with Gasteiger partial charge in [-0.25, -0.2) is 9.78 Å². The number of nitrogens with zero attached hydrogens (tertiary/aromatic N) is 1. The number of aliphatic hydroxyl groups is 1. The molecule has 1 aromatic rings. The average molecular weight is 259 g/mol. The standard InChI is InChI=1S/C11H15ClN2O3/c1-6(15)11(2,3)14-9-7(10(16)17)4-5-8(12)13-9/h4-6,15H,1-3H3,(H,13,14)(H,16,17). The van der Waals surface area contributed by atoms with Crippen LogP contribution in [0.3, 0.4) is 0 Å². The zero-order valence-electron chi connectivity index (χ0n) is 9.86. The number of nitrogens with one attached hydrogen (secondary N) is 1. The summed E-state index contributed by atoms with van der Waals surface area (Å²) in [4.78, 5) is 14.9. The topological polar surface area (TPSA) is 82.5 Å². The number of hydrogen-bond acceptors (Lipinski definition) is 4. The summed E-state index contributed by atoms with van der Waals surface area (Å²) in [5, 5.41) is 21.7. The molecule has 0 fully saturated rings. The molecule has 5 nitrogen and oxygen atoms in total. The van der Waals surface area contributed by atoms with E-state index in [4.69, 9.17) is 16.7 Å². The Labute approximate surface area is 104 Å². The molecule has 0 aromatic carbocycles. The molecule has 1 aromatic heterocycles. The van der Waals surface area contributed by atoms with Crippen LogP contribution in [0.1, 0.15) is 31.1 Å². The summed E-state index contributed by atoms with van der Waals surface area (Å²) < 4.78 is 0. The van der Waals surface area contributed by atoms with Crippen LogP contribution in [0.15, 0.2) is 12.1 Å². The molecule has 0 radical (unpaired) electrons. The first kappa shape index (κ1) is 13.7. The van der Waals surface area contributed by atoms with Crippen molar-refractivity contribution in [3.05, 3.63) is 22.8 Å². The largest absolute Gasteiger partial charge is 0.478 e. The number of halogens is 1. The van der Waals surface area contributed by atoms with Crippen molar-refractivity contribution in [3.63, 3.8) is 0 Å². The lowest BCUT2D eigenvalue weighted by Gasteiger charge is -2.30. The molecule has 1 unspecified atom stereocenters. The molecule has 1 rings (SSSR count). The number of pyridine rings is 1. The minimum absolute atomic E-state index is 0.0168. The molecule has 3 N–H and O–H groups in total. The van der Waals surface area contributed by atoms with Gasteiger partial charge in [0.15, 0.2) is 0 Å². The summed E-state index contributed by atoms with van der Waals surface area (Å²) in [7, 11) is 0. The first-order valence-electron chi connectivity index (χ1n) is 5.10. The molecule has 0 saturated carbocycles. The van der Waals surface area contributed by atoms with Gasteiger partial charge in [-0.15, -0.1) is 0 Å². The first-order chi connectivity index (χ1) is 7.74. The number of carboxylic acid groups (broad SMARTS) is 1. The van der Waals surface area contributed by atoms with E-state index in [2.05, 4.69) is 10.3 Å². The van der Waals surface area contributed by atoms with Crippen molar-refractivity contribution in [1.29, 1.82) is 0 Å². The van der Waals surface area contributed by atoms with E-state index >= 15 is 0 Å². The van der Waals surface area contributed by atoms with Crippen molar-refractivity contribution in [2.75, 3.05) is 5.32 Å². The van der Waals surface area contributed by atoms with Crippen molar-refractivity contribution < 1.29 is 15.0 Å². The summed E-state index contributed by atoms with van der Waals surface area (Å²) in [5.74, 6) is -0.950. The molecule has 0 aliphatic carbocycles. The molecular weight excluding hydrogens is 244 g/mol. The number of aromatic nitrogens is 1. The van der Waals surface area contributed by atoms with Gasteiger partial charge in [0.2, 0.25) is 0 Å². The summed E-state index contributed by atoms with van der Waals surface area (Å²) >= 11 is 5.72. The van der Waals surface area contributed by atoms with Crippen LogP contribution in [0.25, 0.3) is 0 Å². The number of carbonyl (C=O) groups is 1. The fourth-order valence-electron chi connectivity index (χ4n) is 1.11. The fraction of sp³-hybridized carbons (Fsp3) is 0.455. The maximum absolute atomic E-state index is 11.0. The average Bonchev–Trinajstić information content (AvgIpc) is 2.15. The van der Waals surface area contributed by atoms with Gasteiger partial charge in [-0.2, -0.15) is 0 Å². The second-order valence-electron chi connectivity index (χ2n) is 4.36. The lowest BCUT2D eigenvalue weighted by atomic mass is 9.98. The molecule has 1 atom stereocenters. The highest BCUT2D eigenvalue weighted by molar-refractivity contribution is 6.29. The maximum atomic E-state index is 11.0. The monoisotopic (exact) mass is 258 g/mol. The van der Waals surface area contributed by atoms with E-state index in [0.717, 1.165) is 0 Å². The smallest absolute Gasteiger partial charge is 0.339 e. The van der Waals surface area contributed by atoms with E-state index in [1.54, 1.807) is 20.8 Å². The fourth-order valence-corrected chi connectivity index (χ4v) is 1.26. The molecule has 17 heavy (non-hydrogen) atoms. The van der Waals surface area contributed by atoms with Gasteiger partial charge in [0, 0.05) is 0 Å². The van der Waals surface area contributed by atoms with Gasteiger partial charge in [0.1, 0.15) is 16.5 Å². The predicted molar refractivity (Wildman–Crippen MR) is 65.6 cm³/mol. The number of rotatable bonds is 4. The van der Waals surface area contributed by atoms with Crippen molar-refractivity contribution in [3.8, 4) is 0 Å². The third kappa shape index (κ3) is 3.31. The second kappa shape index (κ2) is 4.89. The van der Waals surface area contributed by atoms with E-state index in [1.807, 2.05) is 0 Å². The van der Waals surface area contributed by atoms with Crippen LogP contribution in [-0.4, -0.2) is 32.8 Å². The van der Waals surface area contributed by atoms with Crippen molar-refractivity contribution >= 4 is 23.4 Å². The second-order valence-corrected chi connectivity index (χ2v) is 4.75. The van der Waals surface area contributed by atoms with E-state index in [9.17, 15) is 9.90 Å². The third-order valence-electron chi connectivity index (χ3n) is 2.58. The number of carboxylic acids is 1. The molecule has 6 heteroatoms. The Morgan fingerprint density at radius 1 is 1.53 bits per heavy atom. The lowest BCUT2D eigenvalue weighted by Crippen LogP contribution is -2.42. The highest BCUT2D eigenvalue weighted by Gasteiger charge is 2.26. The summed E-state index contributed by atoms with van der Waals surface area (Å²) in [6, 6.07) is 2.78. The first-order valence-corrected chi connectivity index (χ1v) is 5.48. The molecule has 94 valence electrons. The van der Waals surface area contributed by atoms with Gasteiger partial charge in [-0.3, -0.25) is 0 Å². The van der Waals surface area contributed by atoms with Crippen LogP contribution in [0.5, 0.6) is 0 Å². The third-order valence-corrected chi connectivity index (χ3v) is 2.79. The van der Waals surface area contributed by atoms with E-state index in [0.29, 0.717) is 0 Å². The van der Waals surface area contributed by atoms with E-state index in [1.165, 1.54) is 12.1 Å². The van der Waals surface area contributed by atoms with Gasteiger partial charge >= 0.3 is 5.97 Å². The Hall–Kier alpha value is -1.33. The molecule has 0 aliphatic rings. The lowest BCUT2D eigenvalue weighted by molar-refractivity contribution is 0.0696. The van der Waals surface area contributed by atoms with E-state index in [-0.39, 0.29) is 16.5 Å². The molecule has 0 amide bonds. The Balaban J connectivity index is 3.13. The van der Waals surface area contributed by atoms with Crippen LogP contribution in [0, 0.1) is 0 Å². The molecule has 0 bridgehead atoms. The quantitative estimate of drug-likeness (QED) is 0.720. The number of aliphatic hydroxyl groups excluding tert-OH is 1. The molecule has 0 spiro atoms. The zero-order chi connectivity index (χ0) is 13.2. The van der Waals surface area contributed by atoms with Gasteiger partial charge in [-0.1, -0.05) is 11.6 Å². The number of anilines is 1. The Morgan fingerprint density at radius 2 is 2.12 bits per heavy atom. The van der Waals surface area contributed by atoms with Gasteiger partial charge in [0.25, 0.3) is 0 Å². The summed E-state index contributed by atoms with van der Waals surface area (Å²) in [6.07, 6.45) is -0.676. The van der Waals surface area contributed by atoms with Crippen LogP contribution < -0.4 is 5.32 Å². The molecular formula is C11H15ClN2O3. The normalized spacial score (nSPS) is 13.2. The maximum Gasteiger partial charge on any atom is 0.339 e. The Morgan fingerprint density at radius 3 is 2.59 bits per heavy atom. The predicted octanol–water partition coefficient (Wildman–Crippen LogP) is 2.00. The molecule has 0 aliphatic heterocycles. The van der Waals surface area contributed by atoms with Crippen LogP contribution in [0.2, 0.25) is 5.15 Å². The summed E-state index contributed by atoms with van der Waals surface area (Å²) in [5.41, 5.74) is -0.690. The minimum atomic E-state index is -1.10. The Kier molecular flexibility index (Phi) is 3.95. The van der Waals surface area contributed by atoms with Crippen LogP contribution in [-0.2, 0) is 0 Å². The molecule has 1 heterocycles. The Bertz CT molecular complexity index is 433. The van der Waals surface area contributed by atoms with Crippen LogP contribution >= 0.6 is 11.6 Å². The van der Waals surface area contributed by atoms with E-state index < -0.39 is 17.6 Å². The molecule has 0 saturated heterocycles. The summed E-state index contributed by atoms with van der Waals surface area (Å²) in [6.45, 7) is 5.09. The van der Waals surface area contributed by atoms with Gasteiger partial charge in [-0.05, 0) is 32.9 Å². The van der Waals surface area contributed by atoms with Crippen molar-refractivity contribution in [2.45, 2.75) is 32.4 Å². The number of aromatic carboxylic acids is 1. The van der Waals surface area contributed by atoms with Crippen LogP contribution in [0.4, 0.5) is 5.82 Å².